The fourth-order valence-electron chi connectivity index (χ4n) is 13.0. The Balaban J connectivity index is 0.000000296. The number of hydrogen-bond donors (Lipinski definition) is 3. The Kier molecular flexibility index (Phi) is 31.8. The molecular weight excluding hydrogens is 1240 g/mol. The van der Waals surface area contributed by atoms with E-state index in [1.165, 1.54) is 43.6 Å². The second-order valence-corrected chi connectivity index (χ2v) is 26.9. The van der Waals surface area contributed by atoms with Gasteiger partial charge in [0.1, 0.15) is 48.2 Å². The van der Waals surface area contributed by atoms with E-state index in [0.29, 0.717) is 0 Å². The minimum Gasteiger partial charge on any atom is -0.460 e. The van der Waals surface area contributed by atoms with Crippen molar-refractivity contribution in [3.63, 3.8) is 0 Å². The van der Waals surface area contributed by atoms with Gasteiger partial charge in [-0.25, -0.2) is 0 Å². The lowest BCUT2D eigenvalue weighted by Crippen LogP contribution is -2.54. The summed E-state index contributed by atoms with van der Waals surface area (Å²) in [4.78, 5) is 111. The van der Waals surface area contributed by atoms with E-state index in [4.69, 9.17) is 34.2 Å². The molecule has 11 atom stereocenters. The molecule has 6 aliphatic rings. The minimum absolute atomic E-state index is 0. The van der Waals surface area contributed by atoms with Gasteiger partial charge in [-0.1, -0.05) is 121 Å². The molecule has 0 radical (unpaired) electrons. The molecule has 3 saturated heterocycles. The van der Waals surface area contributed by atoms with Crippen molar-refractivity contribution >= 4 is 70.2 Å². The Hall–Kier alpha value is -8.93. The summed E-state index contributed by atoms with van der Waals surface area (Å²) in [5.74, 6) is -2.57. The zero-order chi connectivity index (χ0) is 70.3. The van der Waals surface area contributed by atoms with Crippen LogP contribution in [0.2, 0.25) is 0 Å². The van der Waals surface area contributed by atoms with Crippen molar-refractivity contribution in [2.75, 3.05) is 16.4 Å². The van der Waals surface area contributed by atoms with Gasteiger partial charge in [-0.2, -0.15) is 0 Å². The number of ketones is 3. The van der Waals surface area contributed by atoms with Gasteiger partial charge < -0.3 is 44.8 Å². The third-order valence-corrected chi connectivity index (χ3v) is 17.8. The summed E-state index contributed by atoms with van der Waals surface area (Å²) in [6.45, 7) is 22.4. The molecule has 3 heterocycles. The largest absolute Gasteiger partial charge is 0.460 e. The monoisotopic (exact) mass is 1350 g/mol. The highest BCUT2D eigenvalue weighted by molar-refractivity contribution is 6.01. The molecule has 3 aromatic carbocycles. The molecule has 5 fully saturated rings. The summed E-state index contributed by atoms with van der Waals surface area (Å²) in [6.07, 6.45) is 18.1. The van der Waals surface area contributed by atoms with E-state index in [9.17, 15) is 43.2 Å². The van der Waals surface area contributed by atoms with Crippen molar-refractivity contribution < 1.29 is 71.6 Å². The molecule has 98 heavy (non-hydrogen) atoms. The Morgan fingerprint density at radius 1 is 0.469 bits per heavy atom. The molecule has 0 amide bonds. The van der Waals surface area contributed by atoms with Gasteiger partial charge in [0.2, 0.25) is 0 Å². The summed E-state index contributed by atoms with van der Waals surface area (Å²) >= 11 is 0. The zero-order valence-electron chi connectivity index (χ0n) is 58.0. The van der Waals surface area contributed by atoms with Crippen LogP contribution in [0.4, 0.5) is 17.1 Å². The number of benzene rings is 3. The Labute approximate surface area is 581 Å². The van der Waals surface area contributed by atoms with Gasteiger partial charge in [0.15, 0.2) is 5.78 Å². The number of nitrogens with two attached hydrogens (primary N) is 1. The number of carbonyl (C=O) groups is 9. The molecule has 3 aliphatic carbocycles. The van der Waals surface area contributed by atoms with Crippen molar-refractivity contribution in [3.05, 3.63) is 173 Å². The molecule has 3 aromatic rings. The second-order valence-electron chi connectivity index (χ2n) is 26.9. The van der Waals surface area contributed by atoms with E-state index < -0.39 is 70.8 Å². The quantitative estimate of drug-likeness (QED) is 0.0436. The number of nitrogen functional groups attached to an aromatic ring is 1. The lowest BCUT2D eigenvalue weighted by Gasteiger charge is -2.42. The van der Waals surface area contributed by atoms with Crippen LogP contribution in [0, 0.1) is 16.2 Å². The number of anilines is 3. The van der Waals surface area contributed by atoms with Crippen molar-refractivity contribution in [2.24, 2.45) is 16.2 Å². The number of hydrogen-bond acceptors (Lipinski definition) is 18. The van der Waals surface area contributed by atoms with Gasteiger partial charge in [0.05, 0.1) is 47.6 Å². The first kappa shape index (κ1) is 81.5. The number of Topliss-reactive ketones (excluding diaryl/α,β-unsaturated/α-hetero) is 2. The first-order valence-electron chi connectivity index (χ1n) is 33.3. The lowest BCUT2D eigenvalue weighted by atomic mass is 9.65. The maximum atomic E-state index is 13.4. The molecule has 532 valence electrons. The van der Waals surface area contributed by atoms with Gasteiger partial charge in [-0.3, -0.25) is 43.2 Å². The van der Waals surface area contributed by atoms with Crippen LogP contribution in [0.3, 0.4) is 0 Å². The first-order chi connectivity index (χ1) is 45.5. The average Bonchev–Trinajstić information content (AvgIpc) is 1.78. The third-order valence-electron chi connectivity index (χ3n) is 17.8. The molecule has 3 spiro atoms. The number of cyclic esters (lactones) is 3. The molecule has 3 aliphatic heterocycles. The van der Waals surface area contributed by atoms with Crippen LogP contribution >= 0.6 is 0 Å². The topological polar surface area (TPSA) is 259 Å². The summed E-state index contributed by atoms with van der Waals surface area (Å²) in [7, 11) is 0. The fourth-order valence-corrected chi connectivity index (χ4v) is 13.0. The van der Waals surface area contributed by atoms with Crippen molar-refractivity contribution in [1.29, 1.82) is 0 Å². The molecule has 18 heteroatoms. The van der Waals surface area contributed by atoms with Crippen LogP contribution in [0.5, 0.6) is 0 Å². The molecule has 3 unspecified atom stereocenters. The van der Waals surface area contributed by atoms with Crippen LogP contribution in [0.15, 0.2) is 173 Å². The van der Waals surface area contributed by atoms with Crippen LogP contribution in [-0.4, -0.2) is 102 Å². The molecule has 2 saturated carbocycles. The van der Waals surface area contributed by atoms with Gasteiger partial charge in [0, 0.05) is 69.9 Å². The van der Waals surface area contributed by atoms with Gasteiger partial charge in [0.25, 0.3) is 0 Å². The lowest BCUT2D eigenvalue weighted by molar-refractivity contribution is -0.156. The van der Waals surface area contributed by atoms with E-state index in [1.54, 1.807) is 6.08 Å². The second kappa shape index (κ2) is 38.3. The smallest absolute Gasteiger partial charge is 0.307 e. The first-order valence-corrected chi connectivity index (χ1v) is 33.3. The summed E-state index contributed by atoms with van der Waals surface area (Å²) in [5, 5.41) is 6.67. The molecule has 0 bridgehead atoms. The number of allylic oxidation sites excluding steroid dienone is 10. The predicted octanol–water partition coefficient (Wildman–Crippen LogP) is 15.5. The summed E-state index contributed by atoms with van der Waals surface area (Å²) < 4.78 is 33.2. The molecule has 0 aromatic heterocycles. The normalized spacial score (nSPS) is 26.1. The van der Waals surface area contributed by atoms with E-state index in [0.717, 1.165) is 72.3 Å². The SMILES string of the molecule is C.C.CC(=O)O[C@@H]1C=CC(=O)C2(CC(=O)O[C@@H]2/C=C(\C)CCC=C(C)C)C1.CC(=O)O[C@H]1CC2(CC(=O)O[C@@H]2/C=C(\C)CCC=C(C)C)C(=O)C[C@@H]1Nc1ccccc1.CC(=O)O[C@H]1CC2(CC(=O)O[C@@H]2/C=C(\C)CCC=C(C)C)C(=O)C[C@H]1Nc1ccccc1.Nc1ccccc1. The Morgan fingerprint density at radius 2 is 0.796 bits per heavy atom. The maximum absolute atomic E-state index is 13.4. The van der Waals surface area contributed by atoms with E-state index in [-0.39, 0.29) is 114 Å². The number of carbonyl (C=O) groups excluding carboxylic acids is 9. The zero-order valence-corrected chi connectivity index (χ0v) is 58.0. The Morgan fingerprint density at radius 3 is 1.11 bits per heavy atom. The highest BCUT2D eigenvalue weighted by Gasteiger charge is 2.60. The standard InChI is InChI=1S/2C26H33NO5.C20H26O5.C6H7N.2CH4/c2*1-17(2)9-8-10-18(3)13-24-26(16-25(30)32-24)15-22(31-19(4)28)21(14-23(26)29)27-20-11-6-5-7-12-20;1-13(2)6-5-7-14(3)10-18-20(12-19(23)25-18)11-16(24-15(4)21)8-9-17(20)22;7-6-4-2-1-3-5-6;;/h2*5-7,9,11-13,21-22,24,27H,8,10,14-16H2,1-4H3;6,8-10,16,18H,5,7,11-12H2,1-4H3;1-5H,7H2;2*1H4/b2*18-13+;14-10+;;;/t21-,22+,24-,26?;21-,22-,24+,26?;16-,18-,20?;;;/m101.../s1. The van der Waals surface area contributed by atoms with Crippen molar-refractivity contribution in [3.8, 4) is 0 Å². The molecule has 18 nitrogen and oxygen atoms in total. The molecular formula is C80H107N3O15. The predicted molar refractivity (Wildman–Crippen MR) is 384 cm³/mol. The summed E-state index contributed by atoms with van der Waals surface area (Å²) in [5.41, 5.74) is 11.9. The van der Waals surface area contributed by atoms with Crippen molar-refractivity contribution in [1.82, 2.24) is 0 Å². The highest BCUT2D eigenvalue weighted by atomic mass is 16.6. The Bertz CT molecular complexity index is 3310. The molecule has 9 rings (SSSR count). The number of para-hydroxylation sites is 3. The van der Waals surface area contributed by atoms with E-state index >= 15 is 0 Å². The maximum Gasteiger partial charge on any atom is 0.307 e. The van der Waals surface area contributed by atoms with E-state index in [2.05, 4.69) is 70.4 Å². The van der Waals surface area contributed by atoms with Crippen LogP contribution in [-0.2, 0) is 71.6 Å². The van der Waals surface area contributed by atoms with Gasteiger partial charge in [-0.05, 0) is 168 Å². The van der Waals surface area contributed by atoms with Crippen molar-refractivity contribution in [2.45, 2.75) is 237 Å². The van der Waals surface area contributed by atoms with Gasteiger partial charge >= 0.3 is 35.8 Å². The fraction of sp³-hybridized carbons (Fsp3) is 0.487. The third kappa shape index (κ3) is 24.0. The summed E-state index contributed by atoms with van der Waals surface area (Å²) in [6, 6.07) is 27.8. The highest BCUT2D eigenvalue weighted by Crippen LogP contribution is 2.50. The van der Waals surface area contributed by atoms with Crippen LogP contribution in [0.1, 0.15) is 188 Å². The number of rotatable bonds is 19. The van der Waals surface area contributed by atoms with Crippen LogP contribution < -0.4 is 16.4 Å². The average molecular weight is 1350 g/mol. The number of esters is 6. The molecule has 4 N–H and O–H groups in total. The van der Waals surface area contributed by atoms with E-state index in [1.807, 2.05) is 130 Å². The van der Waals surface area contributed by atoms with Gasteiger partial charge in [-0.15, -0.1) is 0 Å². The number of nitrogens with one attached hydrogen (secondary N) is 2. The minimum atomic E-state index is -0.996. The van der Waals surface area contributed by atoms with Crippen LogP contribution in [0.25, 0.3) is 0 Å². The number of ether oxygens (including phenoxy) is 6.